The molecular weight excluding hydrogens is 256 g/mol. The Hall–Kier alpha value is -1.26. The predicted octanol–water partition coefficient (Wildman–Crippen LogP) is 2.65. The molecule has 0 aromatic carbocycles. The van der Waals surface area contributed by atoms with Crippen molar-refractivity contribution in [2.45, 2.75) is 76.3 Å². The summed E-state index contributed by atoms with van der Waals surface area (Å²) in [5.41, 5.74) is -0.0940. The van der Waals surface area contributed by atoms with Gasteiger partial charge in [-0.2, -0.15) is 0 Å². The van der Waals surface area contributed by atoms with Crippen molar-refractivity contribution in [1.82, 2.24) is 10.6 Å². The van der Waals surface area contributed by atoms with Crippen molar-refractivity contribution in [1.29, 1.82) is 0 Å². The highest BCUT2D eigenvalue weighted by Gasteiger charge is 2.31. The molecule has 0 aliphatic heterocycles. The molecule has 0 spiro atoms. The topological polar surface area (TPSA) is 78.4 Å². The maximum atomic E-state index is 12.1. The Morgan fingerprint density at radius 3 is 2.45 bits per heavy atom. The predicted molar refractivity (Wildman–Crippen MR) is 76.5 cm³/mol. The lowest BCUT2D eigenvalue weighted by atomic mass is 9.83. The van der Waals surface area contributed by atoms with Crippen LogP contribution in [0.25, 0.3) is 0 Å². The molecule has 0 aromatic rings. The second-order valence-corrected chi connectivity index (χ2v) is 6.62. The highest BCUT2D eigenvalue weighted by atomic mass is 16.4. The van der Waals surface area contributed by atoms with Crippen LogP contribution < -0.4 is 10.6 Å². The molecular formula is C15H26N2O3. The number of carbonyl (C=O) groups excluding carboxylic acids is 1. The van der Waals surface area contributed by atoms with Crippen LogP contribution in [0.4, 0.5) is 4.79 Å². The zero-order valence-electron chi connectivity index (χ0n) is 12.3. The number of carboxylic acid groups (broad SMARTS) is 1. The molecule has 2 amide bonds. The second kappa shape index (κ2) is 6.46. The number of urea groups is 1. The third-order valence-corrected chi connectivity index (χ3v) is 4.73. The van der Waals surface area contributed by atoms with Crippen molar-refractivity contribution in [3.05, 3.63) is 0 Å². The van der Waals surface area contributed by atoms with Crippen LogP contribution in [0.5, 0.6) is 0 Å². The van der Waals surface area contributed by atoms with E-state index in [2.05, 4.69) is 17.6 Å². The molecule has 0 aromatic heterocycles. The van der Waals surface area contributed by atoms with Gasteiger partial charge < -0.3 is 15.7 Å². The first-order valence-corrected chi connectivity index (χ1v) is 7.80. The number of hydrogen-bond acceptors (Lipinski definition) is 2. The highest BCUT2D eigenvalue weighted by molar-refractivity contribution is 5.75. The van der Waals surface area contributed by atoms with Crippen molar-refractivity contribution in [3.63, 3.8) is 0 Å². The molecule has 2 unspecified atom stereocenters. The van der Waals surface area contributed by atoms with E-state index in [0.29, 0.717) is 6.42 Å². The van der Waals surface area contributed by atoms with Gasteiger partial charge in [-0.1, -0.05) is 25.7 Å². The van der Waals surface area contributed by atoms with E-state index in [9.17, 15) is 9.59 Å². The Morgan fingerprint density at radius 1 is 1.10 bits per heavy atom. The van der Waals surface area contributed by atoms with Crippen LogP contribution >= 0.6 is 0 Å². The van der Waals surface area contributed by atoms with Crippen molar-refractivity contribution >= 4 is 12.0 Å². The summed E-state index contributed by atoms with van der Waals surface area (Å²) >= 11 is 0. The molecule has 2 rings (SSSR count). The number of rotatable bonds is 3. The Labute approximate surface area is 120 Å². The molecule has 2 atom stereocenters. The van der Waals surface area contributed by atoms with Gasteiger partial charge in [0.25, 0.3) is 0 Å². The molecule has 0 heterocycles. The lowest BCUT2D eigenvalue weighted by molar-refractivity contribution is -0.143. The van der Waals surface area contributed by atoms with Crippen LogP contribution in [0, 0.1) is 5.92 Å². The quantitative estimate of drug-likeness (QED) is 0.744. The van der Waals surface area contributed by atoms with Gasteiger partial charge in [0.2, 0.25) is 0 Å². The molecule has 2 fully saturated rings. The van der Waals surface area contributed by atoms with E-state index in [1.807, 2.05) is 0 Å². The Balaban J connectivity index is 1.80. The number of carboxylic acids is 1. The Morgan fingerprint density at radius 2 is 1.80 bits per heavy atom. The first-order valence-electron chi connectivity index (χ1n) is 7.80. The van der Waals surface area contributed by atoms with Gasteiger partial charge in [0, 0.05) is 11.6 Å². The van der Waals surface area contributed by atoms with Crippen LogP contribution in [-0.2, 0) is 4.79 Å². The second-order valence-electron chi connectivity index (χ2n) is 6.62. The van der Waals surface area contributed by atoms with Crippen molar-refractivity contribution in [2.24, 2.45) is 5.92 Å². The SMILES string of the molecule is CC1(NC(=O)NC2CCCC(C(=O)O)C2)CCCCC1. The molecule has 0 bridgehead atoms. The molecule has 114 valence electrons. The van der Waals surface area contributed by atoms with E-state index < -0.39 is 5.97 Å². The summed E-state index contributed by atoms with van der Waals surface area (Å²) in [5.74, 6) is -1.05. The minimum Gasteiger partial charge on any atom is -0.481 e. The summed E-state index contributed by atoms with van der Waals surface area (Å²) in [7, 11) is 0. The molecule has 2 aliphatic carbocycles. The fraction of sp³-hybridized carbons (Fsp3) is 0.867. The molecule has 5 heteroatoms. The highest BCUT2D eigenvalue weighted by Crippen LogP contribution is 2.28. The van der Waals surface area contributed by atoms with Crippen molar-refractivity contribution in [2.75, 3.05) is 0 Å². The van der Waals surface area contributed by atoms with Crippen LogP contribution in [0.2, 0.25) is 0 Å². The standard InChI is InChI=1S/C15H26N2O3/c1-15(8-3-2-4-9-15)17-14(20)16-12-7-5-6-11(10-12)13(18)19/h11-12H,2-10H2,1H3,(H,18,19)(H2,16,17,20). The fourth-order valence-corrected chi connectivity index (χ4v) is 3.50. The van der Waals surface area contributed by atoms with Crippen LogP contribution in [-0.4, -0.2) is 28.7 Å². The number of nitrogens with one attached hydrogen (secondary N) is 2. The monoisotopic (exact) mass is 282 g/mol. The summed E-state index contributed by atoms with van der Waals surface area (Å²) in [6, 6.07) is -0.137. The zero-order chi connectivity index (χ0) is 14.6. The maximum absolute atomic E-state index is 12.1. The largest absolute Gasteiger partial charge is 0.481 e. The lowest BCUT2D eigenvalue weighted by Gasteiger charge is -2.35. The van der Waals surface area contributed by atoms with E-state index in [4.69, 9.17) is 5.11 Å². The minimum absolute atomic E-state index is 0.00274. The van der Waals surface area contributed by atoms with E-state index in [1.54, 1.807) is 0 Å². The number of carbonyl (C=O) groups is 2. The number of aliphatic carboxylic acids is 1. The summed E-state index contributed by atoms with van der Waals surface area (Å²) in [4.78, 5) is 23.1. The molecule has 2 saturated carbocycles. The third kappa shape index (κ3) is 4.12. The lowest BCUT2D eigenvalue weighted by Crippen LogP contribution is -2.53. The van der Waals surface area contributed by atoms with Crippen LogP contribution in [0.15, 0.2) is 0 Å². The minimum atomic E-state index is -0.740. The average Bonchev–Trinajstić information content (AvgIpc) is 2.39. The van der Waals surface area contributed by atoms with Crippen molar-refractivity contribution in [3.8, 4) is 0 Å². The molecule has 3 N–H and O–H groups in total. The summed E-state index contributed by atoms with van der Waals surface area (Å²) in [5, 5.41) is 15.1. The summed E-state index contributed by atoms with van der Waals surface area (Å²) in [6.45, 7) is 2.10. The smallest absolute Gasteiger partial charge is 0.315 e. The molecule has 0 saturated heterocycles. The first-order chi connectivity index (χ1) is 9.48. The van der Waals surface area contributed by atoms with Gasteiger partial charge >= 0.3 is 12.0 Å². The van der Waals surface area contributed by atoms with Gasteiger partial charge in [-0.3, -0.25) is 4.79 Å². The number of hydrogen-bond donors (Lipinski definition) is 3. The number of amides is 2. The van der Waals surface area contributed by atoms with Gasteiger partial charge in [-0.15, -0.1) is 0 Å². The Kier molecular flexibility index (Phi) is 4.89. The average molecular weight is 282 g/mol. The molecule has 5 nitrogen and oxygen atoms in total. The first kappa shape index (κ1) is 15.1. The van der Waals surface area contributed by atoms with Gasteiger partial charge in [-0.05, 0) is 39.0 Å². The van der Waals surface area contributed by atoms with Crippen LogP contribution in [0.3, 0.4) is 0 Å². The van der Waals surface area contributed by atoms with E-state index >= 15 is 0 Å². The van der Waals surface area contributed by atoms with Crippen LogP contribution in [0.1, 0.15) is 64.7 Å². The van der Waals surface area contributed by atoms with E-state index in [1.165, 1.54) is 19.3 Å². The molecule has 0 radical (unpaired) electrons. The van der Waals surface area contributed by atoms with Gasteiger partial charge in [0.1, 0.15) is 0 Å². The van der Waals surface area contributed by atoms with Gasteiger partial charge in [0.05, 0.1) is 5.92 Å². The zero-order valence-corrected chi connectivity index (χ0v) is 12.3. The van der Waals surface area contributed by atoms with Gasteiger partial charge in [0.15, 0.2) is 0 Å². The molecule has 20 heavy (non-hydrogen) atoms. The van der Waals surface area contributed by atoms with E-state index in [0.717, 1.165) is 32.1 Å². The summed E-state index contributed by atoms with van der Waals surface area (Å²) in [6.07, 6.45) is 8.69. The fourth-order valence-electron chi connectivity index (χ4n) is 3.50. The van der Waals surface area contributed by atoms with Gasteiger partial charge in [-0.25, -0.2) is 4.79 Å². The third-order valence-electron chi connectivity index (χ3n) is 4.73. The van der Waals surface area contributed by atoms with E-state index in [-0.39, 0.29) is 23.5 Å². The molecule has 2 aliphatic rings. The summed E-state index contributed by atoms with van der Waals surface area (Å²) < 4.78 is 0. The normalized spacial score (nSPS) is 29.4. The maximum Gasteiger partial charge on any atom is 0.315 e. The Bertz CT molecular complexity index is 364. The van der Waals surface area contributed by atoms with Crippen molar-refractivity contribution < 1.29 is 14.7 Å².